The Labute approximate surface area is 163 Å². The molecule has 1 aliphatic heterocycles. The molecule has 1 amide bonds. The maximum atomic E-state index is 13.3. The number of aryl methyl sites for hydroxylation is 1. The molecule has 1 fully saturated rings. The van der Waals surface area contributed by atoms with Crippen LogP contribution in [0.4, 0.5) is 0 Å². The van der Waals surface area contributed by atoms with Gasteiger partial charge in [0, 0.05) is 18.8 Å². The van der Waals surface area contributed by atoms with Crippen molar-refractivity contribution in [3.8, 4) is 5.69 Å². The summed E-state index contributed by atoms with van der Waals surface area (Å²) in [5.74, 6) is 0.966. The monoisotopic (exact) mass is 378 g/mol. The van der Waals surface area contributed by atoms with E-state index >= 15 is 0 Å². The van der Waals surface area contributed by atoms with Crippen LogP contribution in [-0.4, -0.2) is 38.7 Å². The molecule has 2 heterocycles. The molecular formula is C21H22N4OS. The second-order valence-corrected chi connectivity index (χ2v) is 7.71. The zero-order valence-corrected chi connectivity index (χ0v) is 16.1. The predicted octanol–water partition coefficient (Wildman–Crippen LogP) is 4.03. The number of hydrogen-bond acceptors (Lipinski definition) is 4. The average molecular weight is 379 g/mol. The summed E-state index contributed by atoms with van der Waals surface area (Å²) in [4.78, 5) is 15.2. The van der Waals surface area contributed by atoms with Crippen molar-refractivity contribution in [1.29, 1.82) is 0 Å². The Morgan fingerprint density at radius 3 is 2.26 bits per heavy atom. The molecule has 0 saturated carbocycles. The first-order valence-electron chi connectivity index (χ1n) is 9.22. The zero-order chi connectivity index (χ0) is 18.6. The molecule has 6 heteroatoms. The summed E-state index contributed by atoms with van der Waals surface area (Å²) in [6, 6.07) is 20.0. The molecule has 1 aromatic heterocycles. The van der Waals surface area contributed by atoms with Crippen molar-refractivity contribution in [3.63, 3.8) is 0 Å². The van der Waals surface area contributed by atoms with Gasteiger partial charge in [0.15, 0.2) is 5.16 Å². The predicted molar refractivity (Wildman–Crippen MR) is 107 cm³/mol. The molecular weight excluding hydrogens is 356 g/mol. The summed E-state index contributed by atoms with van der Waals surface area (Å²) in [5, 5.41) is 9.05. The maximum Gasteiger partial charge on any atom is 0.240 e. The summed E-state index contributed by atoms with van der Waals surface area (Å²) in [6.45, 7) is 3.62. The van der Waals surface area contributed by atoms with Gasteiger partial charge in [0.1, 0.15) is 11.1 Å². The fraction of sp³-hybridized carbons (Fsp3) is 0.286. The van der Waals surface area contributed by atoms with Gasteiger partial charge in [-0.1, -0.05) is 60.3 Å². The Hall–Kier alpha value is -2.60. The van der Waals surface area contributed by atoms with Gasteiger partial charge in [-0.05, 0) is 37.5 Å². The number of carbonyl (C=O) groups is 1. The van der Waals surface area contributed by atoms with Gasteiger partial charge in [-0.3, -0.25) is 9.36 Å². The van der Waals surface area contributed by atoms with E-state index in [1.165, 1.54) is 11.8 Å². The Bertz CT molecular complexity index is 904. The number of likely N-dealkylation sites (tertiary alicyclic amines) is 1. The molecule has 2 aromatic carbocycles. The van der Waals surface area contributed by atoms with Crippen molar-refractivity contribution >= 4 is 17.7 Å². The number of hydrogen-bond donors (Lipinski definition) is 0. The number of benzene rings is 2. The van der Waals surface area contributed by atoms with Crippen molar-refractivity contribution in [2.75, 3.05) is 13.1 Å². The number of aromatic nitrogens is 3. The molecule has 1 aliphatic rings. The molecule has 4 rings (SSSR count). The lowest BCUT2D eigenvalue weighted by molar-refractivity contribution is -0.129. The molecule has 138 valence electrons. The zero-order valence-electron chi connectivity index (χ0n) is 15.3. The second kappa shape index (κ2) is 7.96. The standard InChI is InChI=1S/C21H22N4OS/c1-16-22-23-21(25(16)18-12-6-3-7-13-18)27-19(17-10-4-2-5-11-17)20(26)24-14-8-9-15-24/h2-7,10-13,19H,8-9,14-15H2,1H3. The highest BCUT2D eigenvalue weighted by Gasteiger charge is 2.30. The van der Waals surface area contributed by atoms with Crippen molar-refractivity contribution < 1.29 is 4.79 Å². The summed E-state index contributed by atoms with van der Waals surface area (Å²) in [7, 11) is 0. The molecule has 0 aliphatic carbocycles. The topological polar surface area (TPSA) is 51.0 Å². The number of carbonyl (C=O) groups excluding carboxylic acids is 1. The van der Waals surface area contributed by atoms with Crippen molar-refractivity contribution in [2.45, 2.75) is 30.2 Å². The minimum Gasteiger partial charge on any atom is -0.341 e. The number of amides is 1. The van der Waals surface area contributed by atoms with Crippen LogP contribution in [0.15, 0.2) is 65.8 Å². The molecule has 3 aromatic rings. The van der Waals surface area contributed by atoms with Crippen LogP contribution in [0.5, 0.6) is 0 Å². The van der Waals surface area contributed by atoms with E-state index < -0.39 is 0 Å². The molecule has 0 N–H and O–H groups in total. The number of para-hydroxylation sites is 1. The number of thioether (sulfide) groups is 1. The molecule has 5 nitrogen and oxygen atoms in total. The fourth-order valence-electron chi connectivity index (χ4n) is 3.39. The highest BCUT2D eigenvalue weighted by molar-refractivity contribution is 8.00. The van der Waals surface area contributed by atoms with Gasteiger partial charge in [0.2, 0.25) is 5.91 Å². The quantitative estimate of drug-likeness (QED) is 0.629. The van der Waals surface area contributed by atoms with Crippen LogP contribution in [0.1, 0.15) is 29.5 Å². The van der Waals surface area contributed by atoms with Gasteiger partial charge in [0.05, 0.1) is 0 Å². The highest BCUT2D eigenvalue weighted by Crippen LogP contribution is 2.37. The Kier molecular flexibility index (Phi) is 5.25. The largest absolute Gasteiger partial charge is 0.341 e. The average Bonchev–Trinajstić information content (AvgIpc) is 3.37. The van der Waals surface area contributed by atoms with E-state index in [1.807, 2.05) is 77.1 Å². The third kappa shape index (κ3) is 3.76. The first kappa shape index (κ1) is 17.8. The summed E-state index contributed by atoms with van der Waals surface area (Å²) in [5.41, 5.74) is 2.00. The van der Waals surface area contributed by atoms with Crippen LogP contribution in [0.3, 0.4) is 0 Å². The molecule has 0 bridgehead atoms. The Morgan fingerprint density at radius 2 is 1.59 bits per heavy atom. The van der Waals surface area contributed by atoms with Crippen LogP contribution in [0.2, 0.25) is 0 Å². The maximum absolute atomic E-state index is 13.3. The third-order valence-electron chi connectivity index (χ3n) is 4.78. The third-order valence-corrected chi connectivity index (χ3v) is 5.96. The van der Waals surface area contributed by atoms with Gasteiger partial charge < -0.3 is 4.90 Å². The van der Waals surface area contributed by atoms with Crippen molar-refractivity contribution in [2.24, 2.45) is 0 Å². The minimum atomic E-state index is -0.324. The van der Waals surface area contributed by atoms with E-state index in [4.69, 9.17) is 0 Å². The molecule has 27 heavy (non-hydrogen) atoms. The molecule has 0 radical (unpaired) electrons. The van der Waals surface area contributed by atoms with Crippen LogP contribution in [-0.2, 0) is 4.79 Å². The van der Waals surface area contributed by atoms with Gasteiger partial charge in [-0.2, -0.15) is 0 Å². The van der Waals surface area contributed by atoms with E-state index in [9.17, 15) is 4.79 Å². The number of nitrogens with zero attached hydrogens (tertiary/aromatic N) is 4. The first-order chi connectivity index (χ1) is 13.2. The van der Waals surface area contributed by atoms with Crippen molar-refractivity contribution in [3.05, 3.63) is 72.1 Å². The number of rotatable bonds is 5. The molecule has 1 saturated heterocycles. The van der Waals surface area contributed by atoms with E-state index in [0.717, 1.165) is 48.2 Å². The first-order valence-corrected chi connectivity index (χ1v) is 10.1. The van der Waals surface area contributed by atoms with E-state index in [1.54, 1.807) is 0 Å². The van der Waals surface area contributed by atoms with Crippen LogP contribution in [0, 0.1) is 6.92 Å². The Morgan fingerprint density at radius 1 is 0.963 bits per heavy atom. The van der Waals surface area contributed by atoms with Crippen LogP contribution in [0.25, 0.3) is 5.69 Å². The van der Waals surface area contributed by atoms with E-state index in [-0.39, 0.29) is 11.2 Å². The summed E-state index contributed by atoms with van der Waals surface area (Å²) in [6.07, 6.45) is 2.16. The lowest BCUT2D eigenvalue weighted by Gasteiger charge is -2.23. The highest BCUT2D eigenvalue weighted by atomic mass is 32.2. The van der Waals surface area contributed by atoms with Gasteiger partial charge in [-0.15, -0.1) is 10.2 Å². The van der Waals surface area contributed by atoms with Crippen molar-refractivity contribution in [1.82, 2.24) is 19.7 Å². The van der Waals surface area contributed by atoms with E-state index in [0.29, 0.717) is 0 Å². The summed E-state index contributed by atoms with van der Waals surface area (Å²) < 4.78 is 2.01. The van der Waals surface area contributed by atoms with Gasteiger partial charge in [-0.25, -0.2) is 0 Å². The Balaban J connectivity index is 1.70. The second-order valence-electron chi connectivity index (χ2n) is 6.64. The smallest absolute Gasteiger partial charge is 0.240 e. The SMILES string of the molecule is Cc1nnc(SC(C(=O)N2CCCC2)c2ccccc2)n1-c1ccccc1. The van der Waals surface area contributed by atoms with Gasteiger partial charge >= 0.3 is 0 Å². The molecule has 0 spiro atoms. The lowest BCUT2D eigenvalue weighted by atomic mass is 10.1. The van der Waals surface area contributed by atoms with Crippen LogP contribution < -0.4 is 0 Å². The molecule has 1 unspecified atom stereocenters. The normalized spacial score (nSPS) is 15.1. The van der Waals surface area contributed by atoms with E-state index in [2.05, 4.69) is 10.2 Å². The minimum absolute atomic E-state index is 0.156. The summed E-state index contributed by atoms with van der Waals surface area (Å²) >= 11 is 1.48. The fourth-order valence-corrected chi connectivity index (χ4v) is 4.58. The molecule has 1 atom stereocenters. The van der Waals surface area contributed by atoms with Gasteiger partial charge in [0.25, 0.3) is 0 Å². The van der Waals surface area contributed by atoms with Crippen LogP contribution >= 0.6 is 11.8 Å². The lowest BCUT2D eigenvalue weighted by Crippen LogP contribution is -2.31.